The van der Waals surface area contributed by atoms with Crippen LogP contribution in [0.2, 0.25) is 0 Å². The predicted octanol–water partition coefficient (Wildman–Crippen LogP) is 2.24. The summed E-state index contributed by atoms with van der Waals surface area (Å²) in [5.74, 6) is 0.315. The number of sulfone groups is 1. The zero-order chi connectivity index (χ0) is 18.4. The van der Waals surface area contributed by atoms with Crippen molar-refractivity contribution in [1.82, 2.24) is 0 Å². The number of carbonyl (C=O) groups excluding carboxylic acids is 1. The number of benzene rings is 2. The van der Waals surface area contributed by atoms with Crippen LogP contribution in [0.5, 0.6) is 5.75 Å². The molecule has 0 saturated heterocycles. The van der Waals surface area contributed by atoms with E-state index in [0.717, 1.165) is 11.8 Å². The fraction of sp³-hybridized carbons (Fsp3) is 0.278. The number of hydrogen-bond donors (Lipinski definition) is 2. The van der Waals surface area contributed by atoms with Crippen molar-refractivity contribution in [2.75, 3.05) is 24.7 Å². The quantitative estimate of drug-likeness (QED) is 0.787. The van der Waals surface area contributed by atoms with Gasteiger partial charge in [0.2, 0.25) is 0 Å². The van der Waals surface area contributed by atoms with E-state index < -0.39 is 9.84 Å². The molecule has 2 rings (SSSR count). The van der Waals surface area contributed by atoms with E-state index >= 15 is 0 Å². The van der Waals surface area contributed by atoms with Crippen molar-refractivity contribution in [1.29, 1.82) is 0 Å². The summed E-state index contributed by atoms with van der Waals surface area (Å²) in [5.41, 5.74) is 7.12. The van der Waals surface area contributed by atoms with Crippen LogP contribution in [0, 0.1) is 0 Å². The maximum Gasteiger partial charge on any atom is 0.255 e. The van der Waals surface area contributed by atoms with Gasteiger partial charge in [0, 0.05) is 24.1 Å². The second-order valence-electron chi connectivity index (χ2n) is 5.56. The van der Waals surface area contributed by atoms with Crippen molar-refractivity contribution < 1.29 is 17.9 Å². The molecule has 0 spiro atoms. The van der Waals surface area contributed by atoms with E-state index in [1.165, 1.54) is 12.1 Å². The maximum absolute atomic E-state index is 12.6. The van der Waals surface area contributed by atoms with Gasteiger partial charge in [-0.15, -0.1) is 0 Å². The summed E-state index contributed by atoms with van der Waals surface area (Å²) in [6.07, 6.45) is 1.74. The third-order valence-corrected chi connectivity index (χ3v) is 4.74. The first kappa shape index (κ1) is 19.0. The molecule has 25 heavy (non-hydrogen) atoms. The number of nitrogens with two attached hydrogens (primary N) is 1. The van der Waals surface area contributed by atoms with Crippen LogP contribution < -0.4 is 15.8 Å². The van der Waals surface area contributed by atoms with Crippen LogP contribution in [0.15, 0.2) is 47.4 Å². The monoisotopic (exact) mass is 362 g/mol. The first-order chi connectivity index (χ1) is 11.8. The fourth-order valence-electron chi connectivity index (χ4n) is 2.32. The highest BCUT2D eigenvalue weighted by Gasteiger charge is 2.15. The molecule has 6 nitrogen and oxygen atoms in total. The second-order valence-corrected chi connectivity index (χ2v) is 7.58. The molecule has 3 N–H and O–H groups in total. The van der Waals surface area contributed by atoms with E-state index in [1.807, 2.05) is 6.92 Å². The van der Waals surface area contributed by atoms with Crippen LogP contribution in [0.4, 0.5) is 5.69 Å². The second kappa shape index (κ2) is 8.13. The predicted molar refractivity (Wildman–Crippen MR) is 97.9 cm³/mol. The molecule has 134 valence electrons. The Morgan fingerprint density at radius 1 is 1.16 bits per heavy atom. The zero-order valence-electron chi connectivity index (χ0n) is 14.3. The van der Waals surface area contributed by atoms with Gasteiger partial charge in [0.1, 0.15) is 12.4 Å². The number of aryl methyl sites for hydroxylation is 1. The van der Waals surface area contributed by atoms with E-state index in [1.54, 1.807) is 30.3 Å². The van der Waals surface area contributed by atoms with Crippen LogP contribution in [0.1, 0.15) is 22.8 Å². The lowest BCUT2D eigenvalue weighted by Gasteiger charge is -2.11. The van der Waals surface area contributed by atoms with Crippen LogP contribution in [0.3, 0.4) is 0 Å². The Morgan fingerprint density at radius 2 is 1.84 bits per heavy atom. The smallest absolute Gasteiger partial charge is 0.255 e. The third kappa shape index (κ3) is 5.04. The Balaban J connectivity index is 2.22. The van der Waals surface area contributed by atoms with Crippen molar-refractivity contribution in [3.63, 3.8) is 0 Å². The number of anilines is 1. The first-order valence-corrected chi connectivity index (χ1v) is 9.81. The van der Waals surface area contributed by atoms with Crippen molar-refractivity contribution in [2.24, 2.45) is 5.73 Å². The molecular weight excluding hydrogens is 340 g/mol. The number of nitrogens with one attached hydrogen (secondary N) is 1. The van der Waals surface area contributed by atoms with E-state index in [9.17, 15) is 13.2 Å². The number of hydrogen-bond acceptors (Lipinski definition) is 5. The highest BCUT2D eigenvalue weighted by Crippen LogP contribution is 2.20. The summed E-state index contributed by atoms with van der Waals surface area (Å²) < 4.78 is 28.9. The molecule has 0 aliphatic rings. The minimum Gasteiger partial charge on any atom is -0.492 e. The third-order valence-electron chi connectivity index (χ3n) is 3.63. The largest absolute Gasteiger partial charge is 0.492 e. The first-order valence-electron chi connectivity index (χ1n) is 7.92. The van der Waals surface area contributed by atoms with Crippen molar-refractivity contribution in [3.8, 4) is 5.75 Å². The van der Waals surface area contributed by atoms with Crippen molar-refractivity contribution in [2.45, 2.75) is 18.2 Å². The minimum atomic E-state index is -3.38. The average Bonchev–Trinajstić information content (AvgIpc) is 2.59. The van der Waals surface area contributed by atoms with Gasteiger partial charge in [-0.05, 0) is 48.4 Å². The van der Waals surface area contributed by atoms with Gasteiger partial charge in [-0.25, -0.2) is 8.42 Å². The molecule has 0 aliphatic carbocycles. The summed E-state index contributed by atoms with van der Waals surface area (Å²) >= 11 is 0. The molecule has 0 saturated carbocycles. The fourth-order valence-corrected chi connectivity index (χ4v) is 2.96. The van der Waals surface area contributed by atoms with Gasteiger partial charge < -0.3 is 15.8 Å². The Hall–Kier alpha value is -2.38. The van der Waals surface area contributed by atoms with Gasteiger partial charge in [-0.2, -0.15) is 0 Å². The van der Waals surface area contributed by atoms with Gasteiger partial charge in [-0.1, -0.05) is 13.0 Å². The summed E-state index contributed by atoms with van der Waals surface area (Å²) in [6.45, 7) is 2.76. The van der Waals surface area contributed by atoms with E-state index in [4.69, 9.17) is 10.5 Å². The molecule has 2 aromatic rings. The Labute approximate surface area is 147 Å². The number of ether oxygens (including phenoxy) is 1. The van der Waals surface area contributed by atoms with Gasteiger partial charge in [0.25, 0.3) is 5.91 Å². The van der Waals surface area contributed by atoms with Gasteiger partial charge in [-0.3, -0.25) is 4.79 Å². The molecule has 2 aromatic carbocycles. The van der Waals surface area contributed by atoms with Crippen molar-refractivity contribution in [3.05, 3.63) is 53.6 Å². The maximum atomic E-state index is 12.6. The average molecular weight is 362 g/mol. The SMILES string of the molecule is CCc1ccc(S(C)(=O)=O)cc1C(=O)Nc1ccc(OCCN)cc1. The van der Waals surface area contributed by atoms with Crippen LogP contribution in [-0.2, 0) is 16.3 Å². The molecule has 0 heterocycles. The zero-order valence-corrected chi connectivity index (χ0v) is 15.1. The molecule has 0 aromatic heterocycles. The van der Waals surface area contributed by atoms with Gasteiger partial charge in [0.15, 0.2) is 9.84 Å². The van der Waals surface area contributed by atoms with E-state index in [-0.39, 0.29) is 10.8 Å². The summed E-state index contributed by atoms with van der Waals surface area (Å²) in [4.78, 5) is 12.7. The van der Waals surface area contributed by atoms with Crippen LogP contribution in [0.25, 0.3) is 0 Å². The number of carbonyl (C=O) groups is 1. The summed E-state index contributed by atoms with van der Waals surface area (Å²) in [6, 6.07) is 11.5. The minimum absolute atomic E-state index is 0.125. The molecule has 0 bridgehead atoms. The number of rotatable bonds is 7. The lowest BCUT2D eigenvalue weighted by atomic mass is 10.0. The highest BCUT2D eigenvalue weighted by atomic mass is 32.2. The molecule has 7 heteroatoms. The molecule has 0 unspecified atom stereocenters. The Bertz CT molecular complexity index is 846. The normalized spacial score (nSPS) is 11.2. The Morgan fingerprint density at radius 3 is 2.40 bits per heavy atom. The molecule has 0 fully saturated rings. The molecular formula is C18H22N2O4S. The lowest BCUT2D eigenvalue weighted by molar-refractivity contribution is 0.102. The molecule has 1 amide bonds. The van der Waals surface area contributed by atoms with Crippen LogP contribution in [-0.4, -0.2) is 33.7 Å². The number of amides is 1. The summed E-state index contributed by atoms with van der Waals surface area (Å²) in [7, 11) is -3.38. The topological polar surface area (TPSA) is 98.5 Å². The van der Waals surface area contributed by atoms with Gasteiger partial charge in [0.05, 0.1) is 4.90 Å². The Kier molecular flexibility index (Phi) is 6.17. The standard InChI is InChI=1S/C18H22N2O4S/c1-3-13-4-9-16(25(2,22)23)12-17(13)18(21)20-14-5-7-15(8-6-14)24-11-10-19/h4-9,12H,3,10-11,19H2,1-2H3,(H,20,21). The van der Waals surface area contributed by atoms with E-state index in [2.05, 4.69) is 5.32 Å². The van der Waals surface area contributed by atoms with Gasteiger partial charge >= 0.3 is 0 Å². The molecule has 0 aliphatic heterocycles. The molecule has 0 atom stereocenters. The highest BCUT2D eigenvalue weighted by molar-refractivity contribution is 7.90. The summed E-state index contributed by atoms with van der Waals surface area (Å²) in [5, 5.41) is 2.78. The van der Waals surface area contributed by atoms with Crippen LogP contribution >= 0.6 is 0 Å². The van der Waals surface area contributed by atoms with Crippen molar-refractivity contribution >= 4 is 21.4 Å². The van der Waals surface area contributed by atoms with E-state index in [0.29, 0.717) is 36.6 Å². The molecule has 0 radical (unpaired) electrons. The lowest BCUT2D eigenvalue weighted by Crippen LogP contribution is -2.15.